The molecule has 1 aliphatic heterocycles. The molecule has 0 aromatic heterocycles. The summed E-state index contributed by atoms with van der Waals surface area (Å²) < 4.78 is 0. The van der Waals surface area contributed by atoms with Crippen LogP contribution in [0.1, 0.15) is 29.3 Å². The second kappa shape index (κ2) is 6.91. The van der Waals surface area contributed by atoms with E-state index in [2.05, 4.69) is 16.8 Å². The highest BCUT2D eigenvalue weighted by Crippen LogP contribution is 2.32. The Kier molecular flexibility index (Phi) is 5.20. The lowest BCUT2D eigenvalue weighted by Gasteiger charge is -2.31. The lowest BCUT2D eigenvalue weighted by atomic mass is 10.0. The van der Waals surface area contributed by atoms with Crippen LogP contribution in [0, 0.1) is 0 Å². The highest BCUT2D eigenvalue weighted by Gasteiger charge is 2.21. The van der Waals surface area contributed by atoms with Crippen LogP contribution in [0.2, 0.25) is 0 Å². The van der Waals surface area contributed by atoms with E-state index in [9.17, 15) is 15.0 Å². The van der Waals surface area contributed by atoms with Crippen molar-refractivity contribution in [3.8, 4) is 11.5 Å². The zero-order chi connectivity index (χ0) is 15.4. The summed E-state index contributed by atoms with van der Waals surface area (Å²) in [6.07, 6.45) is 1.37. The average Bonchev–Trinajstić information content (AvgIpc) is 2.46. The molecular formula is C16H24N2O3. The van der Waals surface area contributed by atoms with Crippen molar-refractivity contribution in [2.24, 2.45) is 0 Å². The molecule has 2 rings (SSSR count). The fraction of sp³-hybridized carbons (Fsp3) is 0.562. The molecule has 1 aliphatic rings. The maximum atomic E-state index is 12.4. The van der Waals surface area contributed by atoms with Crippen molar-refractivity contribution in [3.05, 3.63) is 23.3 Å². The van der Waals surface area contributed by atoms with Gasteiger partial charge in [-0.05, 0) is 25.6 Å². The zero-order valence-corrected chi connectivity index (χ0v) is 12.8. The van der Waals surface area contributed by atoms with Gasteiger partial charge in [-0.2, -0.15) is 0 Å². The van der Waals surface area contributed by atoms with E-state index in [-0.39, 0.29) is 17.3 Å². The SMILES string of the molecule is CCCc1c(O)ccc(C(=O)CN2CCN(C)CC2)c1O. The van der Waals surface area contributed by atoms with Crippen molar-refractivity contribution in [1.29, 1.82) is 0 Å². The largest absolute Gasteiger partial charge is 0.508 e. The number of carbonyl (C=O) groups excluding carboxylic acids is 1. The monoisotopic (exact) mass is 292 g/mol. The van der Waals surface area contributed by atoms with E-state index >= 15 is 0 Å². The lowest BCUT2D eigenvalue weighted by molar-refractivity contribution is 0.0873. The van der Waals surface area contributed by atoms with Gasteiger partial charge in [0.1, 0.15) is 11.5 Å². The molecule has 21 heavy (non-hydrogen) atoms. The zero-order valence-electron chi connectivity index (χ0n) is 12.8. The first-order valence-corrected chi connectivity index (χ1v) is 7.50. The normalized spacial score (nSPS) is 17.0. The van der Waals surface area contributed by atoms with Crippen molar-refractivity contribution in [2.45, 2.75) is 19.8 Å². The van der Waals surface area contributed by atoms with Crippen molar-refractivity contribution in [2.75, 3.05) is 39.8 Å². The van der Waals surface area contributed by atoms with Gasteiger partial charge in [0, 0.05) is 31.7 Å². The maximum absolute atomic E-state index is 12.4. The van der Waals surface area contributed by atoms with Gasteiger partial charge >= 0.3 is 0 Å². The summed E-state index contributed by atoms with van der Waals surface area (Å²) in [5, 5.41) is 20.0. The molecule has 116 valence electrons. The molecule has 1 fully saturated rings. The van der Waals surface area contributed by atoms with Crippen molar-refractivity contribution in [3.63, 3.8) is 0 Å². The molecule has 0 radical (unpaired) electrons. The number of hydrogen-bond acceptors (Lipinski definition) is 5. The van der Waals surface area contributed by atoms with Crippen LogP contribution in [0.3, 0.4) is 0 Å². The Morgan fingerprint density at radius 1 is 1.19 bits per heavy atom. The molecule has 0 saturated carbocycles. The highest BCUT2D eigenvalue weighted by atomic mass is 16.3. The van der Waals surface area contributed by atoms with Gasteiger partial charge in [0.25, 0.3) is 0 Å². The first-order valence-electron chi connectivity index (χ1n) is 7.50. The molecule has 5 heteroatoms. The number of piperazine rings is 1. The van der Waals surface area contributed by atoms with Crippen molar-refractivity contribution in [1.82, 2.24) is 9.80 Å². The standard InChI is InChI=1S/C16H24N2O3/c1-3-4-12-14(19)6-5-13(16(12)21)15(20)11-18-9-7-17(2)8-10-18/h5-6,19,21H,3-4,7-11H2,1-2H3. The van der Waals surface area contributed by atoms with Gasteiger partial charge in [-0.3, -0.25) is 9.69 Å². The van der Waals surface area contributed by atoms with E-state index in [0.717, 1.165) is 32.6 Å². The molecule has 0 amide bonds. The molecule has 1 saturated heterocycles. The number of likely N-dealkylation sites (N-methyl/N-ethyl adjacent to an activating group) is 1. The second-order valence-corrected chi connectivity index (χ2v) is 5.71. The van der Waals surface area contributed by atoms with Gasteiger partial charge in [0.15, 0.2) is 5.78 Å². The van der Waals surface area contributed by atoms with Crippen LogP contribution in [0.15, 0.2) is 12.1 Å². The Morgan fingerprint density at radius 3 is 2.48 bits per heavy atom. The highest BCUT2D eigenvalue weighted by molar-refractivity contribution is 6.00. The van der Waals surface area contributed by atoms with Crippen molar-refractivity contribution < 1.29 is 15.0 Å². The summed E-state index contributed by atoms with van der Waals surface area (Å²) >= 11 is 0. The Labute approximate surface area is 125 Å². The van der Waals surface area contributed by atoms with E-state index in [4.69, 9.17) is 0 Å². The molecule has 1 heterocycles. The van der Waals surface area contributed by atoms with Crippen molar-refractivity contribution >= 4 is 5.78 Å². The maximum Gasteiger partial charge on any atom is 0.180 e. The van der Waals surface area contributed by atoms with Crippen LogP contribution in [-0.2, 0) is 6.42 Å². The Hall–Kier alpha value is -1.59. The number of carbonyl (C=O) groups is 1. The Bertz CT molecular complexity index is 508. The van der Waals surface area contributed by atoms with Gasteiger partial charge in [0.2, 0.25) is 0 Å². The number of hydrogen-bond donors (Lipinski definition) is 2. The number of ketones is 1. The number of benzene rings is 1. The number of phenols is 2. The summed E-state index contributed by atoms with van der Waals surface area (Å²) in [4.78, 5) is 16.7. The van der Waals surface area contributed by atoms with Gasteiger partial charge in [-0.15, -0.1) is 0 Å². The third kappa shape index (κ3) is 3.74. The van der Waals surface area contributed by atoms with Crippen LogP contribution in [0.4, 0.5) is 0 Å². The summed E-state index contributed by atoms with van der Waals surface area (Å²) in [5.74, 6) is -0.0871. The third-order valence-electron chi connectivity index (χ3n) is 4.02. The molecule has 5 nitrogen and oxygen atoms in total. The smallest absolute Gasteiger partial charge is 0.180 e. The molecule has 0 spiro atoms. The van der Waals surface area contributed by atoms with Crippen LogP contribution in [-0.4, -0.2) is 65.6 Å². The Balaban J connectivity index is 2.10. The van der Waals surface area contributed by atoms with E-state index in [1.54, 1.807) is 0 Å². The minimum absolute atomic E-state index is 0.0593. The molecule has 0 atom stereocenters. The average molecular weight is 292 g/mol. The van der Waals surface area contributed by atoms with Crippen LogP contribution in [0.5, 0.6) is 11.5 Å². The van der Waals surface area contributed by atoms with Gasteiger partial charge in [0.05, 0.1) is 12.1 Å². The number of rotatable bonds is 5. The van der Waals surface area contributed by atoms with Gasteiger partial charge in [-0.1, -0.05) is 13.3 Å². The number of phenolic OH excluding ortho intramolecular Hbond substituents is 2. The minimum atomic E-state index is -0.0885. The quantitative estimate of drug-likeness (QED) is 0.805. The number of nitrogens with zero attached hydrogens (tertiary/aromatic N) is 2. The van der Waals surface area contributed by atoms with E-state index in [1.807, 2.05) is 6.92 Å². The van der Waals surface area contributed by atoms with Gasteiger partial charge in [-0.25, -0.2) is 0 Å². The first kappa shape index (κ1) is 15.8. The molecular weight excluding hydrogens is 268 g/mol. The summed E-state index contributed by atoms with van der Waals surface area (Å²) in [5.41, 5.74) is 0.789. The molecule has 2 N–H and O–H groups in total. The second-order valence-electron chi connectivity index (χ2n) is 5.71. The predicted octanol–water partition coefficient (Wildman–Crippen LogP) is 1.48. The molecule has 0 aliphatic carbocycles. The van der Waals surface area contributed by atoms with Gasteiger partial charge < -0.3 is 15.1 Å². The molecule has 1 aromatic rings. The minimum Gasteiger partial charge on any atom is -0.508 e. The van der Waals surface area contributed by atoms with E-state index in [0.29, 0.717) is 24.1 Å². The third-order valence-corrected chi connectivity index (χ3v) is 4.02. The predicted molar refractivity (Wildman–Crippen MR) is 82.0 cm³/mol. The lowest BCUT2D eigenvalue weighted by Crippen LogP contribution is -2.46. The topological polar surface area (TPSA) is 64.0 Å². The molecule has 1 aromatic carbocycles. The van der Waals surface area contributed by atoms with Crippen LogP contribution < -0.4 is 0 Å². The Morgan fingerprint density at radius 2 is 1.86 bits per heavy atom. The first-order chi connectivity index (χ1) is 10.0. The van der Waals surface area contributed by atoms with Crippen LogP contribution >= 0.6 is 0 Å². The van der Waals surface area contributed by atoms with Crippen LogP contribution in [0.25, 0.3) is 0 Å². The summed E-state index contributed by atoms with van der Waals surface area (Å²) in [6.45, 7) is 5.92. The molecule has 0 bridgehead atoms. The fourth-order valence-corrected chi connectivity index (χ4v) is 2.64. The summed E-state index contributed by atoms with van der Waals surface area (Å²) in [7, 11) is 2.07. The fourth-order valence-electron chi connectivity index (χ4n) is 2.64. The van der Waals surface area contributed by atoms with E-state index in [1.165, 1.54) is 12.1 Å². The molecule has 0 unspecified atom stereocenters. The number of Topliss-reactive ketones (excluding diaryl/α,β-unsaturated/α-hetero) is 1. The summed E-state index contributed by atoms with van der Waals surface area (Å²) in [6, 6.07) is 3.02. The number of aromatic hydroxyl groups is 2. The van der Waals surface area contributed by atoms with E-state index < -0.39 is 0 Å².